The maximum atomic E-state index is 14.8. The molecule has 0 atom stereocenters. The molecule has 0 amide bonds. The highest BCUT2D eigenvalue weighted by atomic mass is 35.5. The van der Waals surface area contributed by atoms with Crippen molar-refractivity contribution in [3.8, 4) is 28.1 Å². The third-order valence-corrected chi connectivity index (χ3v) is 7.28. The first kappa shape index (κ1) is 29.1. The molecule has 1 heterocycles. The van der Waals surface area contributed by atoms with Crippen LogP contribution in [0.3, 0.4) is 0 Å². The van der Waals surface area contributed by atoms with Gasteiger partial charge >= 0.3 is 5.97 Å². The number of hydrogen-bond donors (Lipinski definition) is 0. The minimum atomic E-state index is -0.376. The van der Waals surface area contributed by atoms with Gasteiger partial charge in [-0.2, -0.15) is 0 Å². The number of halogens is 3. The van der Waals surface area contributed by atoms with Crippen LogP contribution in [0.4, 0.5) is 4.39 Å². The van der Waals surface area contributed by atoms with Crippen LogP contribution >= 0.6 is 23.2 Å². The molecule has 0 unspecified atom stereocenters. The number of carbonyl (C=O) groups is 1. The van der Waals surface area contributed by atoms with E-state index in [4.69, 9.17) is 37.7 Å². The number of aryl methyl sites for hydroxylation is 1. The smallest absolute Gasteiger partial charge is 0.337 e. The zero-order valence-electron chi connectivity index (χ0n) is 23.0. The average Bonchev–Trinajstić information content (AvgIpc) is 3.42. The number of hydrogen-bond acceptors (Lipinski definition) is 4. The Labute approximate surface area is 253 Å². The summed E-state index contributed by atoms with van der Waals surface area (Å²) in [7, 11) is 1.35. The number of ether oxygens (including phenoxy) is 2. The van der Waals surface area contributed by atoms with Crippen molar-refractivity contribution in [1.82, 2.24) is 9.55 Å². The molecule has 0 aliphatic rings. The molecule has 8 heteroatoms. The lowest BCUT2D eigenvalue weighted by molar-refractivity contribution is 0.0600. The summed E-state index contributed by atoms with van der Waals surface area (Å²) in [5, 5.41) is 1.07. The molecule has 0 saturated carbocycles. The van der Waals surface area contributed by atoms with Gasteiger partial charge in [-0.3, -0.25) is 0 Å². The Morgan fingerprint density at radius 2 is 1.67 bits per heavy atom. The first-order chi connectivity index (χ1) is 20.3. The number of rotatable bonds is 9. The van der Waals surface area contributed by atoms with E-state index in [9.17, 15) is 9.18 Å². The van der Waals surface area contributed by atoms with Crippen molar-refractivity contribution >= 4 is 41.3 Å². The van der Waals surface area contributed by atoms with Gasteiger partial charge in [-0.05, 0) is 90.4 Å². The Hall–Kier alpha value is -4.39. The predicted molar refractivity (Wildman–Crippen MR) is 166 cm³/mol. The van der Waals surface area contributed by atoms with Gasteiger partial charge in [-0.25, -0.2) is 14.2 Å². The topological polar surface area (TPSA) is 53.4 Å². The van der Waals surface area contributed by atoms with E-state index >= 15 is 0 Å². The minimum absolute atomic E-state index is 0.330. The van der Waals surface area contributed by atoms with E-state index in [2.05, 4.69) is 0 Å². The van der Waals surface area contributed by atoms with Crippen molar-refractivity contribution < 1.29 is 18.7 Å². The highest BCUT2D eigenvalue weighted by molar-refractivity contribution is 6.36. The monoisotopic (exact) mass is 600 g/mol. The van der Waals surface area contributed by atoms with Gasteiger partial charge in [0.2, 0.25) is 0 Å². The number of imidazole rings is 1. The van der Waals surface area contributed by atoms with E-state index in [0.29, 0.717) is 51.6 Å². The summed E-state index contributed by atoms with van der Waals surface area (Å²) in [5.41, 5.74) is 5.14. The van der Waals surface area contributed by atoms with Gasteiger partial charge in [-0.15, -0.1) is 0 Å². The normalized spacial score (nSPS) is 11.2. The molecular formula is C34H27Cl2FN2O3. The highest BCUT2D eigenvalue weighted by Gasteiger charge is 2.11. The van der Waals surface area contributed by atoms with Crippen LogP contribution in [0.15, 0.2) is 91.1 Å². The van der Waals surface area contributed by atoms with Crippen LogP contribution in [0, 0.1) is 5.82 Å². The van der Waals surface area contributed by atoms with Gasteiger partial charge in [0, 0.05) is 28.9 Å². The van der Waals surface area contributed by atoms with Crippen molar-refractivity contribution in [3.63, 3.8) is 0 Å². The van der Waals surface area contributed by atoms with E-state index in [1.54, 1.807) is 48.6 Å². The first-order valence-corrected chi connectivity index (χ1v) is 14.0. The molecular weight excluding hydrogens is 574 g/mol. The molecule has 5 rings (SSSR count). The van der Waals surface area contributed by atoms with Crippen molar-refractivity contribution in [3.05, 3.63) is 130 Å². The Morgan fingerprint density at radius 3 is 2.36 bits per heavy atom. The Kier molecular flexibility index (Phi) is 9.06. The van der Waals surface area contributed by atoms with Crippen LogP contribution < -0.4 is 4.74 Å². The lowest BCUT2D eigenvalue weighted by Gasteiger charge is -2.09. The number of carbonyl (C=O) groups excluding carboxylic acids is 1. The predicted octanol–water partition coefficient (Wildman–Crippen LogP) is 9.22. The molecule has 5 nitrogen and oxygen atoms in total. The van der Waals surface area contributed by atoms with E-state index in [1.807, 2.05) is 60.2 Å². The fraction of sp³-hybridized carbons (Fsp3) is 0.118. The number of methoxy groups -OCH3 is 1. The third-order valence-electron chi connectivity index (χ3n) is 6.73. The van der Waals surface area contributed by atoms with Gasteiger partial charge in [0.05, 0.1) is 23.4 Å². The standard InChI is InChI=1S/C34H27Cl2FN2O3/c1-3-39-20-32(29-15-12-27(35)19-30(29)36)38-33(39)17-11-26-18-25(10-16-31(26)37)23-8-13-28(14-9-23)42-21-22-4-6-24(7-5-22)34(40)41-2/h4-20H,3,21H2,1-2H3/b17-11+. The summed E-state index contributed by atoms with van der Waals surface area (Å²) in [5.74, 6) is 0.674. The SMILES string of the molecule is CCn1cc(-c2ccc(Cl)cc2Cl)nc1/C=C/c1cc(-c2ccc(OCc3ccc(C(=O)OC)cc3)cc2)ccc1F. The summed E-state index contributed by atoms with van der Waals surface area (Å²) >= 11 is 12.4. The minimum Gasteiger partial charge on any atom is -0.489 e. The fourth-order valence-electron chi connectivity index (χ4n) is 4.42. The van der Waals surface area contributed by atoms with Gasteiger partial charge in [0.15, 0.2) is 0 Å². The van der Waals surface area contributed by atoms with Gasteiger partial charge in [0.25, 0.3) is 0 Å². The van der Waals surface area contributed by atoms with Gasteiger partial charge in [-0.1, -0.05) is 53.5 Å². The number of benzene rings is 4. The molecule has 0 radical (unpaired) electrons. The Balaban J connectivity index is 1.29. The summed E-state index contributed by atoms with van der Waals surface area (Å²) in [6.45, 7) is 3.06. The third kappa shape index (κ3) is 6.73. The van der Waals surface area contributed by atoms with Crippen molar-refractivity contribution in [2.75, 3.05) is 7.11 Å². The van der Waals surface area contributed by atoms with Crippen molar-refractivity contribution in [2.45, 2.75) is 20.1 Å². The van der Waals surface area contributed by atoms with E-state index < -0.39 is 0 Å². The first-order valence-electron chi connectivity index (χ1n) is 13.3. The van der Waals surface area contributed by atoms with Gasteiger partial charge in [0.1, 0.15) is 24.0 Å². The molecule has 0 bridgehead atoms. The molecule has 0 saturated heterocycles. The molecule has 0 fully saturated rings. The highest BCUT2D eigenvalue weighted by Crippen LogP contribution is 2.31. The number of esters is 1. The summed E-state index contributed by atoms with van der Waals surface area (Å²) in [4.78, 5) is 16.3. The van der Waals surface area contributed by atoms with E-state index in [-0.39, 0.29) is 11.8 Å². The molecule has 0 N–H and O–H groups in total. The lowest BCUT2D eigenvalue weighted by Crippen LogP contribution is -2.01. The van der Waals surface area contributed by atoms with Crippen LogP contribution in [0.2, 0.25) is 10.0 Å². The van der Waals surface area contributed by atoms with E-state index in [0.717, 1.165) is 22.3 Å². The molecule has 0 aliphatic carbocycles. The maximum absolute atomic E-state index is 14.8. The molecule has 4 aromatic carbocycles. The number of nitrogens with zero attached hydrogens (tertiary/aromatic N) is 2. The van der Waals surface area contributed by atoms with Crippen LogP contribution in [-0.2, 0) is 17.9 Å². The second-order valence-corrected chi connectivity index (χ2v) is 10.3. The lowest BCUT2D eigenvalue weighted by atomic mass is 10.0. The largest absolute Gasteiger partial charge is 0.489 e. The average molecular weight is 602 g/mol. The van der Waals surface area contributed by atoms with Gasteiger partial charge < -0.3 is 14.0 Å². The Morgan fingerprint density at radius 1 is 0.929 bits per heavy atom. The molecule has 0 aliphatic heterocycles. The molecule has 5 aromatic rings. The summed E-state index contributed by atoms with van der Waals surface area (Å²) in [6.07, 6.45) is 5.44. The molecule has 1 aromatic heterocycles. The maximum Gasteiger partial charge on any atom is 0.337 e. The van der Waals surface area contributed by atoms with Crippen molar-refractivity contribution in [1.29, 1.82) is 0 Å². The molecule has 42 heavy (non-hydrogen) atoms. The zero-order valence-corrected chi connectivity index (χ0v) is 24.5. The van der Waals surface area contributed by atoms with Crippen LogP contribution in [0.25, 0.3) is 34.5 Å². The number of aromatic nitrogens is 2. The van der Waals surface area contributed by atoms with Crippen molar-refractivity contribution in [2.24, 2.45) is 0 Å². The quantitative estimate of drug-likeness (QED) is 0.158. The van der Waals surface area contributed by atoms with Crippen LogP contribution in [-0.4, -0.2) is 22.6 Å². The zero-order chi connectivity index (χ0) is 29.6. The van der Waals surface area contributed by atoms with Crippen LogP contribution in [0.5, 0.6) is 5.75 Å². The second kappa shape index (κ2) is 13.1. The summed E-state index contributed by atoms with van der Waals surface area (Å²) in [6, 6.07) is 25.0. The fourth-order valence-corrected chi connectivity index (χ4v) is 4.93. The second-order valence-electron chi connectivity index (χ2n) is 9.47. The molecule has 212 valence electrons. The molecule has 0 spiro atoms. The Bertz CT molecular complexity index is 1750. The summed E-state index contributed by atoms with van der Waals surface area (Å²) < 4.78 is 27.4. The van der Waals surface area contributed by atoms with Crippen LogP contribution in [0.1, 0.15) is 34.2 Å². The van der Waals surface area contributed by atoms with E-state index in [1.165, 1.54) is 13.2 Å².